The Bertz CT molecular complexity index is 1490. The summed E-state index contributed by atoms with van der Waals surface area (Å²) in [6.45, 7) is 4.83. The van der Waals surface area contributed by atoms with Crippen LogP contribution >= 0.6 is 0 Å². The monoisotopic (exact) mass is 596 g/mol. The molecule has 1 atom stereocenters. The van der Waals surface area contributed by atoms with Crippen molar-refractivity contribution in [2.75, 3.05) is 46.8 Å². The molecule has 0 radical (unpaired) electrons. The van der Waals surface area contributed by atoms with E-state index >= 15 is 0 Å². The third-order valence-corrected chi connectivity index (χ3v) is 10.6. The lowest BCUT2D eigenvalue weighted by molar-refractivity contribution is -0.945. The predicted molar refractivity (Wildman–Crippen MR) is 155 cm³/mol. The van der Waals surface area contributed by atoms with Crippen molar-refractivity contribution in [1.29, 1.82) is 0 Å². The van der Waals surface area contributed by atoms with Gasteiger partial charge in [-0.15, -0.1) is 0 Å². The van der Waals surface area contributed by atoms with Gasteiger partial charge in [-0.05, 0) is 18.1 Å². The molecule has 2 bridgehead atoms. The summed E-state index contributed by atoms with van der Waals surface area (Å²) in [4.78, 5) is 26.7. The van der Waals surface area contributed by atoms with Gasteiger partial charge < -0.3 is 24.1 Å². The van der Waals surface area contributed by atoms with Crippen LogP contribution in [0.4, 0.5) is 0 Å². The summed E-state index contributed by atoms with van der Waals surface area (Å²) in [5.41, 5.74) is -1.05. The largest absolute Gasteiger partial charge is 0.467 e. The Morgan fingerprint density at radius 3 is 2.17 bits per heavy atom. The van der Waals surface area contributed by atoms with Crippen LogP contribution in [-0.4, -0.2) is 87.1 Å². The van der Waals surface area contributed by atoms with Gasteiger partial charge in [0.15, 0.2) is 6.10 Å². The topological polar surface area (TPSA) is 126 Å². The van der Waals surface area contributed by atoms with E-state index in [0.717, 1.165) is 36.5 Å². The van der Waals surface area contributed by atoms with Crippen molar-refractivity contribution in [1.82, 2.24) is 9.62 Å². The molecule has 0 aliphatic carbocycles. The SMILES string of the molecule is Cc1occ(S(=O)(=O)N(C)C)c1C(=O)NCC[N+]12CCC(CC1)[C@@H](OC(=O)C(O)(c1ccccc1)c1ccccc1)C2. The third-order valence-electron chi connectivity index (χ3n) is 8.78. The summed E-state index contributed by atoms with van der Waals surface area (Å²) >= 11 is 0. The maximum Gasteiger partial charge on any atom is 0.348 e. The standard InChI is InChI=1S/C31H37N3O7S/c1-22-28(27(21-40-22)42(38,39)33(2)3)29(35)32-16-19-34-17-14-23(15-18-34)26(20-34)41-30(36)31(37,24-10-6-4-7-11-24)25-12-8-5-9-13-25/h4-13,21,23,26,37H,14-20H2,1-3H3/p+1/t23?,26-,34?/m0/s1. The van der Waals surface area contributed by atoms with Gasteiger partial charge in [-0.3, -0.25) is 4.79 Å². The first-order chi connectivity index (χ1) is 20.0. The number of quaternary nitrogens is 1. The van der Waals surface area contributed by atoms with Crippen molar-refractivity contribution in [3.63, 3.8) is 0 Å². The minimum atomic E-state index is -3.85. The first-order valence-electron chi connectivity index (χ1n) is 14.2. The minimum absolute atomic E-state index is 0.00830. The molecule has 10 nitrogen and oxygen atoms in total. The molecule has 3 saturated heterocycles. The number of piperidine rings is 3. The van der Waals surface area contributed by atoms with Crippen LogP contribution < -0.4 is 5.32 Å². The molecule has 3 aliphatic rings. The number of nitrogens with zero attached hydrogens (tertiary/aromatic N) is 2. The van der Waals surface area contributed by atoms with Crippen molar-refractivity contribution in [3.8, 4) is 0 Å². The van der Waals surface area contributed by atoms with Crippen molar-refractivity contribution >= 4 is 21.9 Å². The van der Waals surface area contributed by atoms with Gasteiger partial charge in [0.05, 0.1) is 26.2 Å². The second-order valence-corrected chi connectivity index (χ2v) is 13.6. The normalized spacial score (nSPS) is 22.2. The van der Waals surface area contributed by atoms with Crippen LogP contribution in [0.1, 0.15) is 40.1 Å². The Balaban J connectivity index is 1.28. The van der Waals surface area contributed by atoms with E-state index in [9.17, 15) is 23.1 Å². The van der Waals surface area contributed by atoms with Crippen LogP contribution in [-0.2, 0) is 25.2 Å². The number of nitrogens with one attached hydrogen (secondary N) is 1. The lowest BCUT2D eigenvalue weighted by atomic mass is 9.82. The number of aryl methyl sites for hydroxylation is 1. The Morgan fingerprint density at radius 2 is 1.62 bits per heavy atom. The van der Waals surface area contributed by atoms with E-state index in [1.807, 2.05) is 12.1 Å². The number of carbonyl (C=O) groups excluding carboxylic acids is 2. The van der Waals surface area contributed by atoms with Gasteiger partial charge in [0, 0.05) is 32.9 Å². The number of sulfonamides is 1. The second-order valence-electron chi connectivity index (χ2n) is 11.5. The van der Waals surface area contributed by atoms with E-state index in [-0.39, 0.29) is 28.2 Å². The van der Waals surface area contributed by atoms with Gasteiger partial charge in [0.1, 0.15) is 29.0 Å². The van der Waals surface area contributed by atoms with Gasteiger partial charge in [0.2, 0.25) is 15.6 Å². The van der Waals surface area contributed by atoms with E-state index in [0.29, 0.717) is 35.2 Å². The summed E-state index contributed by atoms with van der Waals surface area (Å²) in [5.74, 6) is -0.775. The molecule has 11 heteroatoms. The van der Waals surface area contributed by atoms with Crippen molar-refractivity contribution in [3.05, 3.63) is 89.4 Å². The van der Waals surface area contributed by atoms with E-state index < -0.39 is 27.5 Å². The average Bonchev–Trinajstić information content (AvgIpc) is 3.40. The molecule has 0 saturated carbocycles. The maximum atomic E-state index is 13.7. The summed E-state index contributed by atoms with van der Waals surface area (Å²) in [5, 5.41) is 14.7. The summed E-state index contributed by atoms with van der Waals surface area (Å²) < 4.78 is 38.5. The van der Waals surface area contributed by atoms with Gasteiger partial charge in [0.25, 0.3) is 5.91 Å². The van der Waals surface area contributed by atoms with Crippen LogP contribution in [0.15, 0.2) is 76.2 Å². The zero-order chi connectivity index (χ0) is 30.1. The van der Waals surface area contributed by atoms with Crippen LogP contribution in [0, 0.1) is 12.8 Å². The quantitative estimate of drug-likeness (QED) is 0.272. The Kier molecular flexibility index (Phi) is 8.30. The van der Waals surface area contributed by atoms with Gasteiger partial charge in [-0.2, -0.15) is 0 Å². The van der Waals surface area contributed by atoms with Crippen LogP contribution in [0.2, 0.25) is 0 Å². The number of benzene rings is 2. The second kappa shape index (κ2) is 11.6. The highest BCUT2D eigenvalue weighted by Gasteiger charge is 2.50. The molecule has 3 aromatic rings. The molecule has 42 heavy (non-hydrogen) atoms. The van der Waals surface area contributed by atoms with Gasteiger partial charge >= 0.3 is 5.97 Å². The van der Waals surface area contributed by atoms with Gasteiger partial charge in [-0.1, -0.05) is 60.7 Å². The third kappa shape index (κ3) is 5.49. The molecule has 1 amide bonds. The van der Waals surface area contributed by atoms with Crippen molar-refractivity contribution in [2.24, 2.45) is 5.92 Å². The number of hydrogen-bond donors (Lipinski definition) is 2. The average molecular weight is 597 g/mol. The number of esters is 1. The molecule has 2 N–H and O–H groups in total. The van der Waals surface area contributed by atoms with Crippen LogP contribution in [0.5, 0.6) is 0 Å². The molecule has 0 unspecified atom stereocenters. The first-order valence-corrected chi connectivity index (χ1v) is 15.6. The minimum Gasteiger partial charge on any atom is -0.467 e. The van der Waals surface area contributed by atoms with Gasteiger partial charge in [-0.25, -0.2) is 17.5 Å². The number of ether oxygens (including phenoxy) is 1. The summed E-state index contributed by atoms with van der Waals surface area (Å²) in [6.07, 6.45) is 2.46. The smallest absolute Gasteiger partial charge is 0.348 e. The Labute approximate surface area is 246 Å². The zero-order valence-electron chi connectivity index (χ0n) is 24.2. The fourth-order valence-electron chi connectivity index (χ4n) is 6.24. The number of furan rings is 1. The molecule has 6 rings (SSSR count). The molecule has 224 valence electrons. The number of carbonyl (C=O) groups is 2. The molecule has 2 aromatic carbocycles. The van der Waals surface area contributed by atoms with E-state index in [4.69, 9.17) is 9.15 Å². The zero-order valence-corrected chi connectivity index (χ0v) is 25.0. The van der Waals surface area contributed by atoms with E-state index in [1.165, 1.54) is 14.1 Å². The Hall–Kier alpha value is -3.51. The van der Waals surface area contributed by atoms with Crippen LogP contribution in [0.3, 0.4) is 0 Å². The molecule has 1 aromatic heterocycles. The highest BCUT2D eigenvalue weighted by Crippen LogP contribution is 2.38. The van der Waals surface area contributed by atoms with Crippen molar-refractivity contribution < 1.29 is 36.8 Å². The maximum absolute atomic E-state index is 13.7. The number of rotatable bonds is 10. The summed E-state index contributed by atoms with van der Waals surface area (Å²) in [6, 6.07) is 17.7. The van der Waals surface area contributed by atoms with E-state index in [2.05, 4.69) is 5.32 Å². The number of hydrogen-bond acceptors (Lipinski definition) is 7. The summed E-state index contributed by atoms with van der Waals surface area (Å²) in [7, 11) is -1.05. The lowest BCUT2D eigenvalue weighted by Crippen LogP contribution is -2.66. The number of fused-ring (bicyclic) bond motifs is 3. The van der Waals surface area contributed by atoms with E-state index in [1.54, 1.807) is 55.5 Å². The highest BCUT2D eigenvalue weighted by molar-refractivity contribution is 7.89. The fraction of sp³-hybridized carbons (Fsp3) is 0.419. The lowest BCUT2D eigenvalue weighted by Gasteiger charge is -2.52. The fourth-order valence-corrected chi connectivity index (χ4v) is 7.30. The molecular weight excluding hydrogens is 558 g/mol. The molecule has 4 heterocycles. The first kappa shape index (κ1) is 30.0. The molecule has 3 aliphatic heterocycles. The van der Waals surface area contributed by atoms with Crippen LogP contribution in [0.25, 0.3) is 0 Å². The molecule has 3 fully saturated rings. The highest BCUT2D eigenvalue weighted by atomic mass is 32.2. The molecule has 0 spiro atoms. The number of amides is 1. The number of aliphatic hydroxyl groups is 1. The predicted octanol–water partition coefficient (Wildman–Crippen LogP) is 2.66. The molecular formula is C31H38N3O7S+. The Morgan fingerprint density at radius 1 is 1.05 bits per heavy atom. The van der Waals surface area contributed by atoms with Crippen molar-refractivity contribution in [2.45, 2.75) is 36.4 Å².